The van der Waals surface area contributed by atoms with Crippen molar-refractivity contribution in [2.75, 3.05) is 33.4 Å². The molecule has 0 spiro atoms. The van der Waals surface area contributed by atoms with Crippen molar-refractivity contribution in [1.29, 1.82) is 0 Å². The number of ether oxygens (including phenoxy) is 2. The van der Waals surface area contributed by atoms with E-state index in [0.29, 0.717) is 24.7 Å². The van der Waals surface area contributed by atoms with Crippen molar-refractivity contribution < 1.29 is 19.4 Å². The van der Waals surface area contributed by atoms with Crippen LogP contribution in [0.1, 0.15) is 13.3 Å². The molecule has 5 nitrogen and oxygen atoms in total. The second-order valence-corrected chi connectivity index (χ2v) is 4.17. The molecule has 5 heteroatoms. The lowest BCUT2D eigenvalue weighted by atomic mass is 10.3. The Hall–Kier alpha value is -1.75. The van der Waals surface area contributed by atoms with Crippen molar-refractivity contribution in [3.63, 3.8) is 0 Å². The molecule has 0 amide bonds. The van der Waals surface area contributed by atoms with Gasteiger partial charge in [0.25, 0.3) is 0 Å². The summed E-state index contributed by atoms with van der Waals surface area (Å²) in [5.74, 6) is 0.547. The summed E-state index contributed by atoms with van der Waals surface area (Å²) >= 11 is 0. The van der Waals surface area contributed by atoms with E-state index in [9.17, 15) is 4.79 Å². The third-order valence-corrected chi connectivity index (χ3v) is 2.63. The quantitative estimate of drug-likeness (QED) is 0.740. The first kappa shape index (κ1) is 15.3. The van der Waals surface area contributed by atoms with Crippen LogP contribution in [0, 0.1) is 0 Å². The molecule has 1 rings (SSSR count). The predicted molar refractivity (Wildman–Crippen MR) is 72.9 cm³/mol. The molecule has 1 aromatic rings. The topological polar surface area (TPSA) is 59.0 Å². The molecule has 0 fully saturated rings. The van der Waals surface area contributed by atoms with Gasteiger partial charge in [-0.15, -0.1) is 0 Å². The van der Waals surface area contributed by atoms with Crippen molar-refractivity contribution in [2.45, 2.75) is 13.3 Å². The summed E-state index contributed by atoms with van der Waals surface area (Å²) in [5.41, 5.74) is 0. The van der Waals surface area contributed by atoms with Gasteiger partial charge in [-0.1, -0.05) is 19.1 Å². The van der Waals surface area contributed by atoms with Crippen molar-refractivity contribution in [3.8, 4) is 11.5 Å². The first-order valence-corrected chi connectivity index (χ1v) is 6.37. The predicted octanol–water partition coefficient (Wildman–Crippen LogP) is 1.87. The van der Waals surface area contributed by atoms with Crippen LogP contribution in [0.4, 0.5) is 0 Å². The molecule has 1 N–H and O–H groups in total. The minimum atomic E-state index is -0.814. The number of carbonyl (C=O) groups is 1. The molecule has 19 heavy (non-hydrogen) atoms. The van der Waals surface area contributed by atoms with E-state index >= 15 is 0 Å². The fraction of sp³-hybridized carbons (Fsp3) is 0.500. The fourth-order valence-corrected chi connectivity index (χ4v) is 1.80. The van der Waals surface area contributed by atoms with Crippen LogP contribution in [0.2, 0.25) is 0 Å². The second kappa shape index (κ2) is 8.37. The van der Waals surface area contributed by atoms with Crippen LogP contribution >= 0.6 is 0 Å². The molecule has 0 heterocycles. The second-order valence-electron chi connectivity index (χ2n) is 4.17. The van der Waals surface area contributed by atoms with Gasteiger partial charge >= 0.3 is 5.97 Å². The van der Waals surface area contributed by atoms with E-state index in [2.05, 4.69) is 0 Å². The molecule has 1 aromatic carbocycles. The van der Waals surface area contributed by atoms with Crippen molar-refractivity contribution in [2.24, 2.45) is 0 Å². The SMILES string of the molecule is CCCN(CCOc1ccccc1OC)CC(=O)O. The Morgan fingerprint density at radius 3 is 2.53 bits per heavy atom. The summed E-state index contributed by atoms with van der Waals surface area (Å²) in [5, 5.41) is 8.81. The molecule has 0 atom stereocenters. The standard InChI is InChI=1S/C14H21NO4/c1-3-8-15(11-14(16)17)9-10-19-13-7-5-4-6-12(13)18-2/h4-7H,3,8-11H2,1-2H3,(H,16,17). The van der Waals surface area contributed by atoms with Crippen molar-refractivity contribution >= 4 is 5.97 Å². The highest BCUT2D eigenvalue weighted by molar-refractivity contribution is 5.69. The third kappa shape index (κ3) is 5.61. The summed E-state index contributed by atoms with van der Waals surface area (Å²) in [6.07, 6.45) is 0.919. The molecule has 0 aliphatic rings. The first-order chi connectivity index (χ1) is 9.17. The minimum absolute atomic E-state index is 0.0448. The summed E-state index contributed by atoms with van der Waals surface area (Å²) in [7, 11) is 1.59. The molecular formula is C14H21NO4. The van der Waals surface area contributed by atoms with E-state index in [0.717, 1.165) is 13.0 Å². The molecule has 0 unspecified atom stereocenters. The smallest absolute Gasteiger partial charge is 0.317 e. The lowest BCUT2D eigenvalue weighted by Gasteiger charge is -2.19. The Morgan fingerprint density at radius 1 is 1.26 bits per heavy atom. The molecule has 0 aliphatic carbocycles. The maximum absolute atomic E-state index is 10.7. The van der Waals surface area contributed by atoms with Gasteiger partial charge in [0.1, 0.15) is 6.61 Å². The van der Waals surface area contributed by atoms with Crippen LogP contribution in [0.25, 0.3) is 0 Å². The number of para-hydroxylation sites is 2. The number of hydrogen-bond donors (Lipinski definition) is 1. The van der Waals surface area contributed by atoms with Crippen LogP contribution < -0.4 is 9.47 Å². The number of hydrogen-bond acceptors (Lipinski definition) is 4. The average molecular weight is 267 g/mol. The Morgan fingerprint density at radius 2 is 1.95 bits per heavy atom. The van der Waals surface area contributed by atoms with E-state index in [-0.39, 0.29) is 6.54 Å². The third-order valence-electron chi connectivity index (χ3n) is 2.63. The van der Waals surface area contributed by atoms with Crippen LogP contribution in [0.5, 0.6) is 11.5 Å². The van der Waals surface area contributed by atoms with Gasteiger partial charge in [0, 0.05) is 6.54 Å². The number of rotatable bonds is 9. The molecule has 106 valence electrons. The number of methoxy groups -OCH3 is 1. The van der Waals surface area contributed by atoms with Gasteiger partial charge in [-0.2, -0.15) is 0 Å². The Bertz CT molecular complexity index is 395. The molecule has 0 radical (unpaired) electrons. The van der Waals surface area contributed by atoms with Gasteiger partial charge in [0.2, 0.25) is 0 Å². The Kier molecular flexibility index (Phi) is 6.74. The van der Waals surface area contributed by atoms with Crippen LogP contribution in [-0.2, 0) is 4.79 Å². The highest BCUT2D eigenvalue weighted by atomic mass is 16.5. The number of carboxylic acids is 1. The maximum atomic E-state index is 10.7. The van der Waals surface area contributed by atoms with Gasteiger partial charge in [0.15, 0.2) is 11.5 Å². The van der Waals surface area contributed by atoms with Crippen LogP contribution in [-0.4, -0.2) is 49.3 Å². The lowest BCUT2D eigenvalue weighted by molar-refractivity contribution is -0.138. The molecule has 0 aliphatic heterocycles. The number of nitrogens with zero attached hydrogens (tertiary/aromatic N) is 1. The Balaban J connectivity index is 2.44. The number of benzene rings is 1. The molecule has 0 aromatic heterocycles. The summed E-state index contributed by atoms with van der Waals surface area (Å²) in [4.78, 5) is 12.6. The van der Waals surface area contributed by atoms with Crippen molar-refractivity contribution in [3.05, 3.63) is 24.3 Å². The normalized spacial score (nSPS) is 10.5. The summed E-state index contributed by atoms with van der Waals surface area (Å²) in [6, 6.07) is 7.41. The average Bonchev–Trinajstić information content (AvgIpc) is 2.39. The minimum Gasteiger partial charge on any atom is -0.493 e. The summed E-state index contributed by atoms with van der Waals surface area (Å²) in [6.45, 7) is 3.84. The van der Waals surface area contributed by atoms with E-state index in [1.54, 1.807) is 7.11 Å². The highest BCUT2D eigenvalue weighted by Crippen LogP contribution is 2.25. The van der Waals surface area contributed by atoms with Gasteiger partial charge in [-0.05, 0) is 25.1 Å². The molecule has 0 saturated carbocycles. The largest absolute Gasteiger partial charge is 0.493 e. The van der Waals surface area contributed by atoms with Gasteiger partial charge in [0.05, 0.1) is 13.7 Å². The zero-order chi connectivity index (χ0) is 14.1. The van der Waals surface area contributed by atoms with Crippen molar-refractivity contribution in [1.82, 2.24) is 4.90 Å². The van der Waals surface area contributed by atoms with Crippen LogP contribution in [0.3, 0.4) is 0 Å². The monoisotopic (exact) mass is 267 g/mol. The zero-order valence-electron chi connectivity index (χ0n) is 11.5. The Labute approximate surface area is 113 Å². The van der Waals surface area contributed by atoms with Gasteiger partial charge < -0.3 is 14.6 Å². The lowest BCUT2D eigenvalue weighted by Crippen LogP contribution is -2.34. The fourth-order valence-electron chi connectivity index (χ4n) is 1.80. The van der Waals surface area contributed by atoms with Crippen LogP contribution in [0.15, 0.2) is 24.3 Å². The molecule has 0 bridgehead atoms. The highest BCUT2D eigenvalue weighted by Gasteiger charge is 2.09. The summed E-state index contributed by atoms with van der Waals surface area (Å²) < 4.78 is 10.8. The van der Waals surface area contributed by atoms with E-state index < -0.39 is 5.97 Å². The van der Waals surface area contributed by atoms with E-state index in [1.807, 2.05) is 36.1 Å². The first-order valence-electron chi connectivity index (χ1n) is 6.37. The van der Waals surface area contributed by atoms with Gasteiger partial charge in [-0.25, -0.2) is 0 Å². The molecular weight excluding hydrogens is 246 g/mol. The zero-order valence-corrected chi connectivity index (χ0v) is 11.5. The number of carboxylic acid groups (broad SMARTS) is 1. The number of aliphatic carboxylic acids is 1. The van der Waals surface area contributed by atoms with E-state index in [4.69, 9.17) is 14.6 Å². The molecule has 0 saturated heterocycles. The maximum Gasteiger partial charge on any atom is 0.317 e. The van der Waals surface area contributed by atoms with Gasteiger partial charge in [-0.3, -0.25) is 9.69 Å². The van der Waals surface area contributed by atoms with E-state index in [1.165, 1.54) is 0 Å².